The van der Waals surface area contributed by atoms with Crippen molar-refractivity contribution in [1.82, 2.24) is 9.80 Å². The average molecular weight is 272 g/mol. The lowest BCUT2D eigenvalue weighted by molar-refractivity contribution is -0.139. The Morgan fingerprint density at radius 3 is 2.35 bits per heavy atom. The first-order valence-corrected chi connectivity index (χ1v) is 7.88. The van der Waals surface area contributed by atoms with Crippen molar-refractivity contribution in [3.8, 4) is 0 Å². The Morgan fingerprint density at radius 1 is 1.05 bits per heavy atom. The summed E-state index contributed by atoms with van der Waals surface area (Å²) in [5.74, 6) is 0.768. The SMILES string of the molecule is O=C(C1CCC1)N1CCN(CCc2ccccc2)CC1. The van der Waals surface area contributed by atoms with Crippen LogP contribution in [0.3, 0.4) is 0 Å². The molecule has 3 rings (SSSR count). The van der Waals surface area contributed by atoms with Gasteiger partial charge in [-0.2, -0.15) is 0 Å². The van der Waals surface area contributed by atoms with Gasteiger partial charge in [-0.3, -0.25) is 9.69 Å². The second-order valence-electron chi connectivity index (χ2n) is 6.03. The van der Waals surface area contributed by atoms with Gasteiger partial charge in [-0.15, -0.1) is 0 Å². The maximum atomic E-state index is 12.2. The van der Waals surface area contributed by atoms with E-state index in [1.165, 1.54) is 12.0 Å². The number of piperazine rings is 1. The van der Waals surface area contributed by atoms with Gasteiger partial charge in [0.15, 0.2) is 0 Å². The van der Waals surface area contributed by atoms with Crippen molar-refractivity contribution in [2.45, 2.75) is 25.7 Å². The molecule has 1 saturated carbocycles. The molecule has 1 aliphatic carbocycles. The first-order chi connectivity index (χ1) is 9.83. The molecular formula is C17H24N2O. The van der Waals surface area contributed by atoms with Crippen LogP contribution in [0.15, 0.2) is 30.3 Å². The largest absolute Gasteiger partial charge is 0.340 e. The maximum absolute atomic E-state index is 12.2. The van der Waals surface area contributed by atoms with Crippen molar-refractivity contribution >= 4 is 5.91 Å². The van der Waals surface area contributed by atoms with Gasteiger partial charge in [-0.1, -0.05) is 36.8 Å². The molecule has 1 aromatic carbocycles. The van der Waals surface area contributed by atoms with Crippen molar-refractivity contribution in [3.05, 3.63) is 35.9 Å². The minimum absolute atomic E-state index is 0.353. The van der Waals surface area contributed by atoms with Crippen LogP contribution in [0.25, 0.3) is 0 Å². The Hall–Kier alpha value is -1.35. The molecule has 0 aromatic heterocycles. The molecule has 2 fully saturated rings. The van der Waals surface area contributed by atoms with Crippen molar-refractivity contribution in [1.29, 1.82) is 0 Å². The zero-order valence-corrected chi connectivity index (χ0v) is 12.1. The number of rotatable bonds is 4. The minimum atomic E-state index is 0.353. The Morgan fingerprint density at radius 2 is 1.75 bits per heavy atom. The van der Waals surface area contributed by atoms with Crippen LogP contribution in [0.4, 0.5) is 0 Å². The number of hydrogen-bond donors (Lipinski definition) is 0. The molecule has 0 bridgehead atoms. The zero-order valence-electron chi connectivity index (χ0n) is 12.1. The molecule has 3 heteroatoms. The molecule has 0 N–H and O–H groups in total. The van der Waals surface area contributed by atoms with E-state index in [2.05, 4.69) is 40.1 Å². The molecule has 20 heavy (non-hydrogen) atoms. The predicted molar refractivity (Wildman–Crippen MR) is 80.5 cm³/mol. The van der Waals surface area contributed by atoms with Crippen LogP contribution >= 0.6 is 0 Å². The Kier molecular flexibility index (Phi) is 4.36. The van der Waals surface area contributed by atoms with Gasteiger partial charge in [0, 0.05) is 38.6 Å². The smallest absolute Gasteiger partial charge is 0.225 e. The van der Waals surface area contributed by atoms with Crippen LogP contribution in [0.1, 0.15) is 24.8 Å². The van der Waals surface area contributed by atoms with Crippen LogP contribution in [0, 0.1) is 5.92 Å². The predicted octanol–water partition coefficient (Wildman–Crippen LogP) is 2.17. The van der Waals surface area contributed by atoms with Crippen LogP contribution < -0.4 is 0 Å². The molecule has 1 saturated heterocycles. The Balaban J connectivity index is 1.41. The molecule has 1 aliphatic heterocycles. The van der Waals surface area contributed by atoms with E-state index in [9.17, 15) is 4.79 Å². The summed E-state index contributed by atoms with van der Waals surface area (Å²) in [6.45, 7) is 5.01. The van der Waals surface area contributed by atoms with Crippen LogP contribution in [0.2, 0.25) is 0 Å². The van der Waals surface area contributed by atoms with Crippen molar-refractivity contribution < 1.29 is 4.79 Å². The van der Waals surface area contributed by atoms with Crippen LogP contribution in [0.5, 0.6) is 0 Å². The van der Waals surface area contributed by atoms with Gasteiger partial charge in [0.1, 0.15) is 0 Å². The van der Waals surface area contributed by atoms with E-state index in [1.54, 1.807) is 0 Å². The third kappa shape index (κ3) is 3.21. The normalized spacial score (nSPS) is 20.7. The van der Waals surface area contributed by atoms with Gasteiger partial charge < -0.3 is 4.90 Å². The number of nitrogens with zero attached hydrogens (tertiary/aromatic N) is 2. The maximum Gasteiger partial charge on any atom is 0.225 e. The third-order valence-electron chi connectivity index (χ3n) is 4.70. The fourth-order valence-corrected chi connectivity index (χ4v) is 3.04. The summed E-state index contributed by atoms with van der Waals surface area (Å²) < 4.78 is 0. The lowest BCUT2D eigenvalue weighted by atomic mass is 9.84. The topological polar surface area (TPSA) is 23.6 Å². The summed E-state index contributed by atoms with van der Waals surface area (Å²) in [7, 11) is 0. The lowest BCUT2D eigenvalue weighted by Crippen LogP contribution is -2.51. The summed E-state index contributed by atoms with van der Waals surface area (Å²) in [5.41, 5.74) is 1.40. The molecule has 1 aromatic rings. The number of amides is 1. The summed E-state index contributed by atoms with van der Waals surface area (Å²) >= 11 is 0. The van der Waals surface area contributed by atoms with Crippen molar-refractivity contribution in [2.24, 2.45) is 5.92 Å². The second kappa shape index (κ2) is 6.40. The van der Waals surface area contributed by atoms with E-state index in [0.29, 0.717) is 11.8 Å². The first-order valence-electron chi connectivity index (χ1n) is 7.88. The lowest BCUT2D eigenvalue weighted by Gasteiger charge is -2.38. The molecule has 1 heterocycles. The van der Waals surface area contributed by atoms with E-state index in [1.807, 2.05) is 0 Å². The average Bonchev–Trinajstić information content (AvgIpc) is 2.45. The second-order valence-corrected chi connectivity index (χ2v) is 6.03. The molecule has 0 spiro atoms. The summed E-state index contributed by atoms with van der Waals surface area (Å²) in [4.78, 5) is 16.7. The van der Waals surface area contributed by atoms with E-state index in [4.69, 9.17) is 0 Å². The molecule has 0 unspecified atom stereocenters. The minimum Gasteiger partial charge on any atom is -0.340 e. The van der Waals surface area contributed by atoms with Crippen molar-refractivity contribution in [3.63, 3.8) is 0 Å². The molecule has 3 nitrogen and oxygen atoms in total. The molecule has 2 aliphatic rings. The molecular weight excluding hydrogens is 248 g/mol. The fraction of sp³-hybridized carbons (Fsp3) is 0.588. The van der Waals surface area contributed by atoms with Gasteiger partial charge in [-0.05, 0) is 24.8 Å². The van der Waals surface area contributed by atoms with Crippen LogP contribution in [-0.4, -0.2) is 48.4 Å². The van der Waals surface area contributed by atoms with Gasteiger partial charge in [0.2, 0.25) is 5.91 Å². The van der Waals surface area contributed by atoms with E-state index in [0.717, 1.165) is 52.0 Å². The van der Waals surface area contributed by atoms with Gasteiger partial charge >= 0.3 is 0 Å². The Bertz CT molecular complexity index is 434. The number of carbonyl (C=O) groups is 1. The van der Waals surface area contributed by atoms with Gasteiger partial charge in [-0.25, -0.2) is 0 Å². The summed E-state index contributed by atoms with van der Waals surface area (Å²) in [6, 6.07) is 10.6. The highest BCUT2D eigenvalue weighted by molar-refractivity contribution is 5.79. The number of benzene rings is 1. The Labute approximate surface area is 121 Å². The van der Waals surface area contributed by atoms with Crippen LogP contribution in [-0.2, 0) is 11.2 Å². The zero-order chi connectivity index (χ0) is 13.8. The highest BCUT2D eigenvalue weighted by atomic mass is 16.2. The first kappa shape index (κ1) is 13.6. The third-order valence-corrected chi connectivity index (χ3v) is 4.70. The molecule has 108 valence electrons. The number of carbonyl (C=O) groups excluding carboxylic acids is 1. The molecule has 0 atom stereocenters. The number of hydrogen-bond acceptors (Lipinski definition) is 2. The van der Waals surface area contributed by atoms with E-state index in [-0.39, 0.29) is 0 Å². The van der Waals surface area contributed by atoms with Crippen molar-refractivity contribution in [2.75, 3.05) is 32.7 Å². The van der Waals surface area contributed by atoms with E-state index >= 15 is 0 Å². The quantitative estimate of drug-likeness (QED) is 0.838. The standard InChI is InChI=1S/C17H24N2O/c20-17(16-7-4-8-16)19-13-11-18(12-14-19)10-9-15-5-2-1-3-6-15/h1-3,5-6,16H,4,7-14H2. The van der Waals surface area contributed by atoms with Gasteiger partial charge in [0.05, 0.1) is 0 Å². The summed E-state index contributed by atoms with van der Waals surface area (Å²) in [6.07, 6.45) is 4.59. The highest BCUT2D eigenvalue weighted by Crippen LogP contribution is 2.28. The van der Waals surface area contributed by atoms with E-state index < -0.39 is 0 Å². The molecule has 1 amide bonds. The monoisotopic (exact) mass is 272 g/mol. The summed E-state index contributed by atoms with van der Waals surface area (Å²) in [5, 5.41) is 0. The molecule has 0 radical (unpaired) electrons. The fourth-order valence-electron chi connectivity index (χ4n) is 3.04. The highest BCUT2D eigenvalue weighted by Gasteiger charge is 2.30. The van der Waals surface area contributed by atoms with Gasteiger partial charge in [0.25, 0.3) is 0 Å².